The first-order valence-electron chi connectivity index (χ1n) is 12.9. The van der Waals surface area contributed by atoms with Crippen LogP contribution < -0.4 is 5.46 Å². The smallest absolute Gasteiger partial charge is 0.423 e. The average molecular weight is 707 g/mol. The van der Waals surface area contributed by atoms with Gasteiger partial charge in [-0.3, -0.25) is 20.2 Å². The molecular formula is C31H24BBrN2O6S3. The minimum atomic E-state index is -1.30. The van der Waals surface area contributed by atoms with E-state index in [9.17, 15) is 20.2 Å². The number of fused-ring (bicyclic) bond motifs is 3. The molecule has 0 atom stereocenters. The normalized spacial score (nSPS) is 10.4. The Balaban J connectivity index is 0.000000137. The van der Waals surface area contributed by atoms with Crippen LogP contribution in [0.25, 0.3) is 22.3 Å². The third kappa shape index (κ3) is 8.79. The van der Waals surface area contributed by atoms with Gasteiger partial charge in [0.25, 0.3) is 11.4 Å². The first-order valence-corrected chi connectivity index (χ1v) is 16.5. The standard InChI is InChI=1S/C11H8S.C10H7NO2S.C6H4BrNO2.C4H5BO2S/c1-2-4-9-8(3-1)7-11-10(9)5-6-12-11;12-11(13)10-4-2-1-3-9(10)8-5-6-14-7-8;7-5-3-1-2-4-6(5)8(9)10;6-5(7)4-1-2-8-3-4/h1-6H,7H2;1-7H;1-4H;1-3,6-7H. The zero-order valence-electron chi connectivity index (χ0n) is 22.9. The molecule has 0 saturated heterocycles. The Labute approximate surface area is 274 Å². The van der Waals surface area contributed by atoms with Crippen LogP contribution in [-0.2, 0) is 6.42 Å². The Kier molecular flexibility index (Phi) is 12.1. The summed E-state index contributed by atoms with van der Waals surface area (Å²) in [7, 11) is -1.30. The molecule has 8 nitrogen and oxygen atoms in total. The van der Waals surface area contributed by atoms with E-state index in [1.807, 2.05) is 28.2 Å². The minimum absolute atomic E-state index is 0.0995. The summed E-state index contributed by atoms with van der Waals surface area (Å²) < 4.78 is 0.514. The Morgan fingerprint density at radius 3 is 1.86 bits per heavy atom. The molecular weight excluding hydrogens is 683 g/mol. The van der Waals surface area contributed by atoms with Gasteiger partial charge >= 0.3 is 7.12 Å². The number of hydrogen-bond acceptors (Lipinski definition) is 9. The van der Waals surface area contributed by atoms with Gasteiger partial charge in [-0.05, 0) is 94.8 Å². The van der Waals surface area contributed by atoms with Crippen molar-refractivity contribution in [3.05, 3.63) is 153 Å². The zero-order chi connectivity index (χ0) is 31.5. The molecule has 7 rings (SSSR count). The molecule has 0 aliphatic heterocycles. The quantitative estimate of drug-likeness (QED) is 0.107. The number of nitro groups is 2. The van der Waals surface area contributed by atoms with Gasteiger partial charge in [0.2, 0.25) is 0 Å². The van der Waals surface area contributed by atoms with E-state index in [1.54, 1.807) is 53.2 Å². The van der Waals surface area contributed by atoms with Crippen molar-refractivity contribution in [3.8, 4) is 22.3 Å². The Bertz CT molecular complexity index is 1810. The van der Waals surface area contributed by atoms with Crippen molar-refractivity contribution >= 4 is 73.9 Å². The maximum atomic E-state index is 10.7. The van der Waals surface area contributed by atoms with Crippen molar-refractivity contribution in [2.75, 3.05) is 0 Å². The predicted octanol–water partition coefficient (Wildman–Crippen LogP) is 8.43. The van der Waals surface area contributed by atoms with E-state index in [1.165, 1.54) is 56.4 Å². The first kappa shape index (κ1) is 32.9. The highest BCUT2D eigenvalue weighted by Crippen LogP contribution is 2.39. The molecule has 0 unspecified atom stereocenters. The molecule has 3 heterocycles. The van der Waals surface area contributed by atoms with Crippen LogP contribution in [0.15, 0.2) is 122 Å². The highest BCUT2D eigenvalue weighted by molar-refractivity contribution is 9.10. The summed E-state index contributed by atoms with van der Waals surface area (Å²) in [6.45, 7) is 0. The van der Waals surface area contributed by atoms with Crippen LogP contribution >= 0.6 is 49.9 Å². The second-order valence-corrected chi connectivity index (χ2v) is 12.4. The van der Waals surface area contributed by atoms with Gasteiger partial charge in [0.1, 0.15) is 0 Å². The second-order valence-electron chi connectivity index (χ2n) is 9.02. The van der Waals surface area contributed by atoms with Crippen molar-refractivity contribution < 1.29 is 19.9 Å². The summed E-state index contributed by atoms with van der Waals surface area (Å²) in [5.74, 6) is 0. The first-order chi connectivity index (χ1) is 21.3. The average Bonchev–Trinajstić information content (AvgIpc) is 3.84. The molecule has 222 valence electrons. The zero-order valence-corrected chi connectivity index (χ0v) is 26.9. The molecule has 0 amide bonds. The number of nitrogens with zero attached hydrogens (tertiary/aromatic N) is 2. The lowest BCUT2D eigenvalue weighted by Crippen LogP contribution is -2.27. The van der Waals surface area contributed by atoms with Crippen molar-refractivity contribution in [2.45, 2.75) is 6.42 Å². The van der Waals surface area contributed by atoms with Gasteiger partial charge in [0, 0.05) is 23.4 Å². The summed E-state index contributed by atoms with van der Waals surface area (Å²) in [4.78, 5) is 21.7. The Morgan fingerprint density at radius 2 is 1.30 bits per heavy atom. The number of hydrogen-bond donors (Lipinski definition) is 2. The lowest BCUT2D eigenvalue weighted by Gasteiger charge is -1.98. The fourth-order valence-corrected chi connectivity index (χ4v) is 6.81. The molecule has 1 aliphatic carbocycles. The van der Waals surface area contributed by atoms with Crippen LogP contribution in [-0.4, -0.2) is 27.0 Å². The van der Waals surface area contributed by atoms with E-state index >= 15 is 0 Å². The van der Waals surface area contributed by atoms with E-state index in [0.717, 1.165) is 12.0 Å². The Morgan fingerprint density at radius 1 is 0.682 bits per heavy atom. The van der Waals surface area contributed by atoms with Gasteiger partial charge in [-0.15, -0.1) is 11.3 Å². The third-order valence-corrected chi connectivity index (χ3v) is 9.20. The van der Waals surface area contributed by atoms with Gasteiger partial charge < -0.3 is 10.0 Å². The predicted molar refractivity (Wildman–Crippen MR) is 184 cm³/mol. The fraction of sp³-hybridized carbons (Fsp3) is 0.0323. The maximum absolute atomic E-state index is 10.7. The number of para-hydroxylation sites is 2. The molecule has 2 N–H and O–H groups in total. The SMILES string of the molecule is O=[N+]([O-])c1ccccc1-c1ccsc1.O=[N+]([O-])c1ccccc1Br.OB(O)c1ccsc1.c1ccc2c(c1)Cc1sccc1-2. The third-order valence-electron chi connectivity index (χ3n) is 6.23. The number of thiophene rings is 3. The summed E-state index contributed by atoms with van der Waals surface area (Å²) in [5.41, 5.74) is 6.79. The number of nitro benzene ring substituents is 2. The van der Waals surface area contributed by atoms with Crippen LogP contribution in [0.1, 0.15) is 10.4 Å². The molecule has 13 heteroatoms. The van der Waals surface area contributed by atoms with Crippen LogP contribution in [0.3, 0.4) is 0 Å². The topological polar surface area (TPSA) is 127 Å². The lowest BCUT2D eigenvalue weighted by molar-refractivity contribution is -0.385. The molecule has 0 bridgehead atoms. The van der Waals surface area contributed by atoms with Gasteiger partial charge in [-0.1, -0.05) is 54.6 Å². The number of halogens is 1. The summed E-state index contributed by atoms with van der Waals surface area (Å²) in [6, 6.07) is 27.7. The maximum Gasteiger partial charge on any atom is 0.489 e. The van der Waals surface area contributed by atoms with E-state index in [4.69, 9.17) is 10.0 Å². The molecule has 0 saturated carbocycles. The second kappa shape index (κ2) is 16.2. The molecule has 3 aromatic carbocycles. The van der Waals surface area contributed by atoms with E-state index in [0.29, 0.717) is 15.5 Å². The highest BCUT2D eigenvalue weighted by atomic mass is 79.9. The van der Waals surface area contributed by atoms with E-state index < -0.39 is 12.0 Å². The van der Waals surface area contributed by atoms with Crippen molar-refractivity contribution in [1.82, 2.24) is 0 Å². The van der Waals surface area contributed by atoms with E-state index in [2.05, 4.69) is 51.6 Å². The molecule has 0 radical (unpaired) electrons. The molecule has 3 aromatic heterocycles. The van der Waals surface area contributed by atoms with Gasteiger partial charge in [-0.25, -0.2) is 0 Å². The van der Waals surface area contributed by atoms with Crippen molar-refractivity contribution in [3.63, 3.8) is 0 Å². The molecule has 0 spiro atoms. The van der Waals surface area contributed by atoms with Crippen LogP contribution in [0.4, 0.5) is 11.4 Å². The van der Waals surface area contributed by atoms with Crippen LogP contribution in [0.5, 0.6) is 0 Å². The molecule has 44 heavy (non-hydrogen) atoms. The van der Waals surface area contributed by atoms with Gasteiger partial charge in [0.15, 0.2) is 0 Å². The largest absolute Gasteiger partial charge is 0.489 e. The van der Waals surface area contributed by atoms with Crippen LogP contribution in [0, 0.1) is 20.2 Å². The molecule has 0 fully saturated rings. The van der Waals surface area contributed by atoms with Gasteiger partial charge in [-0.2, -0.15) is 22.7 Å². The Hall–Kier alpha value is -3.98. The van der Waals surface area contributed by atoms with Crippen molar-refractivity contribution in [1.29, 1.82) is 0 Å². The van der Waals surface area contributed by atoms with Crippen molar-refractivity contribution in [2.24, 2.45) is 0 Å². The number of rotatable bonds is 4. The summed E-state index contributed by atoms with van der Waals surface area (Å²) in [5, 5.41) is 47.4. The van der Waals surface area contributed by atoms with E-state index in [-0.39, 0.29) is 16.3 Å². The van der Waals surface area contributed by atoms with Gasteiger partial charge in [0.05, 0.1) is 19.9 Å². The molecule has 1 aliphatic rings. The lowest BCUT2D eigenvalue weighted by atomic mass is 9.83. The highest BCUT2D eigenvalue weighted by Gasteiger charge is 2.18. The summed E-state index contributed by atoms with van der Waals surface area (Å²) >= 11 is 7.90. The monoisotopic (exact) mass is 706 g/mol. The molecule has 6 aromatic rings. The summed E-state index contributed by atoms with van der Waals surface area (Å²) in [6.07, 6.45) is 1.14. The fourth-order valence-electron chi connectivity index (χ4n) is 4.14. The van der Waals surface area contributed by atoms with Crippen LogP contribution in [0.2, 0.25) is 0 Å². The minimum Gasteiger partial charge on any atom is -0.423 e. The number of benzene rings is 3.